The number of carbonyl (C=O) groups is 1. The van der Waals surface area contributed by atoms with Gasteiger partial charge >= 0.3 is 0 Å². The van der Waals surface area contributed by atoms with Gasteiger partial charge in [0.15, 0.2) is 5.76 Å². The van der Waals surface area contributed by atoms with Crippen molar-refractivity contribution in [1.29, 1.82) is 0 Å². The van der Waals surface area contributed by atoms with Crippen LogP contribution in [0.1, 0.15) is 24.3 Å². The molecule has 1 aromatic rings. The van der Waals surface area contributed by atoms with E-state index in [-0.39, 0.29) is 29.7 Å². The molecule has 3 heterocycles. The molecule has 0 aromatic carbocycles. The second-order valence-electron chi connectivity index (χ2n) is 6.80. The molecule has 26 heavy (non-hydrogen) atoms. The molecule has 0 bridgehead atoms. The summed E-state index contributed by atoms with van der Waals surface area (Å²) in [7, 11) is -2.11. The standard InChI is InChI=1S/C16H26N4O5S/c1-12-14(13(2)25-18-12)26(22,23)20-10-8-19(9-11-20)15(21)16(24-3)4-6-17-7-5-16/h17H,4-11H2,1-3H3. The van der Waals surface area contributed by atoms with E-state index in [1.54, 1.807) is 25.9 Å². The minimum Gasteiger partial charge on any atom is -0.368 e. The molecule has 2 fully saturated rings. The fraction of sp³-hybridized carbons (Fsp3) is 0.750. The SMILES string of the molecule is COC1(C(=O)N2CCN(S(=O)(=O)c3c(C)noc3C)CC2)CCNCC1. The highest BCUT2D eigenvalue weighted by Gasteiger charge is 2.44. The molecule has 10 heteroatoms. The van der Waals surface area contributed by atoms with Crippen molar-refractivity contribution in [3.63, 3.8) is 0 Å². The van der Waals surface area contributed by atoms with Gasteiger partial charge in [-0.3, -0.25) is 4.79 Å². The third-order valence-corrected chi connectivity index (χ3v) is 7.43. The summed E-state index contributed by atoms with van der Waals surface area (Å²) in [5.41, 5.74) is -0.442. The van der Waals surface area contributed by atoms with Gasteiger partial charge in [-0.2, -0.15) is 4.31 Å². The van der Waals surface area contributed by atoms with E-state index in [0.717, 1.165) is 13.1 Å². The third-order valence-electron chi connectivity index (χ3n) is 5.28. The Hall–Kier alpha value is -1.49. The van der Waals surface area contributed by atoms with Crippen molar-refractivity contribution in [1.82, 2.24) is 19.7 Å². The van der Waals surface area contributed by atoms with Gasteiger partial charge in [0.1, 0.15) is 16.2 Å². The highest BCUT2D eigenvalue weighted by molar-refractivity contribution is 7.89. The number of sulfonamides is 1. The highest BCUT2D eigenvalue weighted by Crippen LogP contribution is 2.28. The number of aryl methyl sites for hydroxylation is 2. The molecule has 0 aliphatic carbocycles. The molecule has 146 valence electrons. The number of rotatable bonds is 4. The normalized spacial score (nSPS) is 21.7. The smallest absolute Gasteiger partial charge is 0.254 e. The summed E-state index contributed by atoms with van der Waals surface area (Å²) in [5.74, 6) is 0.241. The van der Waals surface area contributed by atoms with E-state index in [9.17, 15) is 13.2 Å². The van der Waals surface area contributed by atoms with Gasteiger partial charge < -0.3 is 19.5 Å². The van der Waals surface area contributed by atoms with Gasteiger partial charge in [-0.15, -0.1) is 0 Å². The average molecular weight is 386 g/mol. The van der Waals surface area contributed by atoms with Crippen LogP contribution in [0.15, 0.2) is 9.42 Å². The Morgan fingerprint density at radius 1 is 1.19 bits per heavy atom. The van der Waals surface area contributed by atoms with Gasteiger partial charge in [0, 0.05) is 33.3 Å². The van der Waals surface area contributed by atoms with Crippen LogP contribution in [0, 0.1) is 13.8 Å². The first-order valence-electron chi connectivity index (χ1n) is 8.80. The lowest BCUT2D eigenvalue weighted by Crippen LogP contribution is -2.59. The lowest BCUT2D eigenvalue weighted by Gasteiger charge is -2.41. The first-order chi connectivity index (χ1) is 12.3. The number of hydrogen-bond acceptors (Lipinski definition) is 7. The minimum atomic E-state index is -3.68. The molecule has 0 saturated carbocycles. The zero-order valence-corrected chi connectivity index (χ0v) is 16.3. The highest BCUT2D eigenvalue weighted by atomic mass is 32.2. The van der Waals surface area contributed by atoms with Crippen molar-refractivity contribution in [2.45, 2.75) is 37.2 Å². The maximum absolute atomic E-state index is 13.0. The van der Waals surface area contributed by atoms with E-state index >= 15 is 0 Å². The number of hydrogen-bond donors (Lipinski definition) is 1. The topological polar surface area (TPSA) is 105 Å². The second-order valence-corrected chi connectivity index (χ2v) is 8.67. The molecule has 1 N–H and O–H groups in total. The quantitative estimate of drug-likeness (QED) is 0.770. The van der Waals surface area contributed by atoms with E-state index in [4.69, 9.17) is 9.26 Å². The summed E-state index contributed by atoms with van der Waals surface area (Å²) in [5, 5.41) is 6.97. The molecule has 2 aliphatic heterocycles. The monoisotopic (exact) mass is 386 g/mol. The molecular weight excluding hydrogens is 360 g/mol. The molecule has 2 aliphatic rings. The molecule has 2 saturated heterocycles. The number of ether oxygens (including phenoxy) is 1. The van der Waals surface area contributed by atoms with Crippen molar-refractivity contribution in [2.75, 3.05) is 46.4 Å². The number of nitrogens with one attached hydrogen (secondary N) is 1. The summed E-state index contributed by atoms with van der Waals surface area (Å²) >= 11 is 0. The fourth-order valence-electron chi connectivity index (χ4n) is 3.73. The van der Waals surface area contributed by atoms with Crippen molar-refractivity contribution in [2.24, 2.45) is 0 Å². The summed E-state index contributed by atoms with van der Waals surface area (Å²) in [6.45, 7) is 5.86. The predicted octanol–water partition coefficient (Wildman–Crippen LogP) is -0.107. The van der Waals surface area contributed by atoms with Crippen LogP contribution in [0.4, 0.5) is 0 Å². The maximum Gasteiger partial charge on any atom is 0.254 e. The fourth-order valence-corrected chi connectivity index (χ4v) is 5.44. The summed E-state index contributed by atoms with van der Waals surface area (Å²) in [4.78, 5) is 14.8. The summed E-state index contributed by atoms with van der Waals surface area (Å²) < 4.78 is 37.7. The van der Waals surface area contributed by atoms with Gasteiger partial charge in [0.05, 0.1) is 0 Å². The van der Waals surface area contributed by atoms with Crippen LogP contribution in [0.25, 0.3) is 0 Å². The van der Waals surface area contributed by atoms with E-state index in [1.165, 1.54) is 4.31 Å². The minimum absolute atomic E-state index is 0.0455. The van der Waals surface area contributed by atoms with Gasteiger partial charge in [0.25, 0.3) is 5.91 Å². The lowest BCUT2D eigenvalue weighted by molar-refractivity contribution is -0.159. The van der Waals surface area contributed by atoms with Gasteiger partial charge in [0.2, 0.25) is 10.0 Å². The van der Waals surface area contributed by atoms with Crippen molar-refractivity contribution in [3.05, 3.63) is 11.5 Å². The maximum atomic E-state index is 13.0. The van der Waals surface area contributed by atoms with Crippen LogP contribution in [-0.2, 0) is 19.6 Å². The van der Waals surface area contributed by atoms with Crippen LogP contribution in [-0.4, -0.2) is 80.7 Å². The Morgan fingerprint density at radius 2 is 1.81 bits per heavy atom. The molecule has 0 spiro atoms. The van der Waals surface area contributed by atoms with Crippen molar-refractivity contribution >= 4 is 15.9 Å². The number of methoxy groups -OCH3 is 1. The number of piperidine rings is 1. The largest absolute Gasteiger partial charge is 0.368 e. The molecule has 0 atom stereocenters. The molecule has 0 unspecified atom stereocenters. The van der Waals surface area contributed by atoms with Gasteiger partial charge in [-0.05, 0) is 39.8 Å². The number of carbonyl (C=O) groups excluding carboxylic acids is 1. The Kier molecular flexibility index (Phi) is 5.38. The third kappa shape index (κ3) is 3.26. The Balaban J connectivity index is 1.70. The molecule has 0 radical (unpaired) electrons. The number of nitrogens with zero attached hydrogens (tertiary/aromatic N) is 3. The van der Waals surface area contributed by atoms with Crippen LogP contribution >= 0.6 is 0 Å². The molecule has 1 aromatic heterocycles. The number of aromatic nitrogens is 1. The van der Waals surface area contributed by atoms with Crippen molar-refractivity contribution in [3.8, 4) is 0 Å². The zero-order chi connectivity index (χ0) is 18.9. The molecule has 9 nitrogen and oxygen atoms in total. The van der Waals surface area contributed by atoms with E-state index in [2.05, 4.69) is 10.5 Å². The first-order valence-corrected chi connectivity index (χ1v) is 10.2. The lowest BCUT2D eigenvalue weighted by atomic mass is 9.90. The molecule has 3 rings (SSSR count). The van der Waals surface area contributed by atoms with E-state index in [1.807, 2.05) is 0 Å². The predicted molar refractivity (Wildman–Crippen MR) is 93.2 cm³/mol. The van der Waals surface area contributed by atoms with Gasteiger partial charge in [-0.1, -0.05) is 5.16 Å². The Morgan fingerprint density at radius 3 is 2.31 bits per heavy atom. The van der Waals surface area contributed by atoms with Crippen LogP contribution in [0.3, 0.4) is 0 Å². The van der Waals surface area contributed by atoms with Gasteiger partial charge in [-0.25, -0.2) is 8.42 Å². The van der Waals surface area contributed by atoms with Crippen LogP contribution in [0.2, 0.25) is 0 Å². The summed E-state index contributed by atoms with van der Waals surface area (Å²) in [6.07, 6.45) is 1.25. The van der Waals surface area contributed by atoms with Crippen LogP contribution < -0.4 is 5.32 Å². The van der Waals surface area contributed by atoms with Crippen molar-refractivity contribution < 1.29 is 22.5 Å². The Labute approximate surface area is 153 Å². The van der Waals surface area contributed by atoms with E-state index in [0.29, 0.717) is 31.6 Å². The average Bonchev–Trinajstić information content (AvgIpc) is 3.00. The Bertz CT molecular complexity index is 742. The molecule has 1 amide bonds. The summed E-state index contributed by atoms with van der Waals surface area (Å²) in [6, 6.07) is 0. The molecular formula is C16H26N4O5S. The zero-order valence-electron chi connectivity index (χ0n) is 15.4. The van der Waals surface area contributed by atoms with E-state index < -0.39 is 15.6 Å². The van der Waals surface area contributed by atoms with Crippen LogP contribution in [0.5, 0.6) is 0 Å². The number of amides is 1. The number of piperazine rings is 1. The second kappa shape index (κ2) is 7.26. The first kappa shape index (κ1) is 19.3.